The number of benzene rings is 2. The number of aromatic nitrogens is 2. The third-order valence-corrected chi connectivity index (χ3v) is 5.53. The lowest BCUT2D eigenvalue weighted by molar-refractivity contribution is 0.558. The van der Waals surface area contributed by atoms with E-state index in [4.69, 9.17) is 4.98 Å². The summed E-state index contributed by atoms with van der Waals surface area (Å²) in [6.45, 7) is 8.90. The smallest absolute Gasteiger partial charge is 0.107 e. The normalized spacial score (nSPS) is 15.7. The van der Waals surface area contributed by atoms with Gasteiger partial charge in [-0.05, 0) is 36.1 Å². The highest BCUT2D eigenvalue weighted by Crippen LogP contribution is 2.42. The summed E-state index contributed by atoms with van der Waals surface area (Å²) in [4.78, 5) is 10.9. The Labute approximate surface area is 162 Å². The van der Waals surface area contributed by atoms with Gasteiger partial charge in [-0.15, -0.1) is 0 Å². The first-order valence-corrected chi connectivity index (χ1v) is 10.0. The van der Waals surface area contributed by atoms with Gasteiger partial charge in [-0.1, -0.05) is 63.3 Å². The second-order valence-electron chi connectivity index (χ2n) is 8.20. The van der Waals surface area contributed by atoms with Gasteiger partial charge in [0.25, 0.3) is 0 Å². The number of aryl methyl sites for hydroxylation is 2. The minimum atomic E-state index is 0.166. The summed E-state index contributed by atoms with van der Waals surface area (Å²) in [6.07, 6.45) is 7.58. The van der Waals surface area contributed by atoms with Crippen molar-refractivity contribution < 1.29 is 0 Å². The van der Waals surface area contributed by atoms with Gasteiger partial charge in [0.15, 0.2) is 0 Å². The monoisotopic (exact) mass is 359 g/mol. The van der Waals surface area contributed by atoms with E-state index in [0.29, 0.717) is 0 Å². The van der Waals surface area contributed by atoms with E-state index in [1.54, 1.807) is 0 Å². The molecule has 0 fully saturated rings. The van der Waals surface area contributed by atoms with Crippen molar-refractivity contribution >= 4 is 16.7 Å². The zero-order valence-electron chi connectivity index (χ0n) is 16.6. The molecule has 2 aromatic carbocycles. The first-order valence-electron chi connectivity index (χ1n) is 10.0. The predicted octanol–water partition coefficient (Wildman–Crippen LogP) is 5.41. The molecule has 0 aliphatic carbocycles. The standard InChI is InChI=1S/C24H29N3/c1-4-5-9-14-27-17-24(2,3)19-15-20-21(16-22(19)27)26-23(25-20)13-12-18-10-7-6-8-11-18/h5-11,15-16H,4,12-14,17H2,1-3H3,(H,25,26). The number of fused-ring (bicyclic) bond motifs is 2. The molecule has 1 aromatic heterocycles. The molecule has 3 nitrogen and oxygen atoms in total. The summed E-state index contributed by atoms with van der Waals surface area (Å²) in [7, 11) is 0. The van der Waals surface area contributed by atoms with E-state index in [-0.39, 0.29) is 5.41 Å². The van der Waals surface area contributed by atoms with E-state index < -0.39 is 0 Å². The highest BCUT2D eigenvalue weighted by Gasteiger charge is 2.35. The van der Waals surface area contributed by atoms with Crippen molar-refractivity contribution in [2.45, 2.75) is 45.4 Å². The molecule has 1 aliphatic heterocycles. The summed E-state index contributed by atoms with van der Waals surface area (Å²) in [6, 6.07) is 15.2. The third-order valence-electron chi connectivity index (χ3n) is 5.53. The molecule has 0 saturated carbocycles. The molecule has 2 heterocycles. The molecule has 0 unspecified atom stereocenters. The number of rotatable bonds is 6. The lowest BCUT2D eigenvalue weighted by Crippen LogP contribution is -2.28. The molecule has 140 valence electrons. The third kappa shape index (κ3) is 3.64. The van der Waals surface area contributed by atoms with Crippen LogP contribution in [0.15, 0.2) is 54.6 Å². The fourth-order valence-corrected chi connectivity index (χ4v) is 4.11. The van der Waals surface area contributed by atoms with Crippen molar-refractivity contribution in [3.63, 3.8) is 0 Å². The van der Waals surface area contributed by atoms with Gasteiger partial charge in [-0.3, -0.25) is 0 Å². The van der Waals surface area contributed by atoms with Gasteiger partial charge in [-0.25, -0.2) is 4.98 Å². The molecule has 0 amide bonds. The predicted molar refractivity (Wildman–Crippen MR) is 115 cm³/mol. The maximum Gasteiger partial charge on any atom is 0.107 e. The Morgan fingerprint density at radius 3 is 2.70 bits per heavy atom. The number of aromatic amines is 1. The Kier molecular flexibility index (Phi) is 4.77. The van der Waals surface area contributed by atoms with Crippen LogP contribution in [0.3, 0.4) is 0 Å². The maximum absolute atomic E-state index is 4.88. The molecule has 27 heavy (non-hydrogen) atoms. The van der Waals surface area contributed by atoms with E-state index in [0.717, 1.165) is 49.2 Å². The number of anilines is 1. The SMILES string of the molecule is CCC=CCN1CC(C)(C)c2cc3[nH]c(CCc4ccccc4)nc3cc21. The fraction of sp³-hybridized carbons (Fsp3) is 0.375. The van der Waals surface area contributed by atoms with Crippen LogP contribution in [0.25, 0.3) is 11.0 Å². The number of hydrogen-bond donors (Lipinski definition) is 1. The first-order chi connectivity index (χ1) is 13.1. The van der Waals surface area contributed by atoms with E-state index in [1.165, 1.54) is 16.8 Å². The van der Waals surface area contributed by atoms with Gasteiger partial charge in [0.05, 0.1) is 11.0 Å². The molecule has 3 heteroatoms. The van der Waals surface area contributed by atoms with Gasteiger partial charge < -0.3 is 9.88 Å². The van der Waals surface area contributed by atoms with Crippen LogP contribution < -0.4 is 4.90 Å². The van der Waals surface area contributed by atoms with Crippen LogP contribution in [0.1, 0.15) is 44.1 Å². The zero-order valence-corrected chi connectivity index (χ0v) is 16.6. The topological polar surface area (TPSA) is 31.9 Å². The van der Waals surface area contributed by atoms with Crippen molar-refractivity contribution in [3.05, 3.63) is 71.6 Å². The van der Waals surface area contributed by atoms with E-state index >= 15 is 0 Å². The van der Waals surface area contributed by atoms with Crippen LogP contribution in [0.2, 0.25) is 0 Å². The molecular formula is C24H29N3. The largest absolute Gasteiger partial charge is 0.367 e. The Hall–Kier alpha value is -2.55. The summed E-state index contributed by atoms with van der Waals surface area (Å²) < 4.78 is 0. The second kappa shape index (κ2) is 7.22. The highest BCUT2D eigenvalue weighted by molar-refractivity contribution is 5.84. The lowest BCUT2D eigenvalue weighted by Gasteiger charge is -2.21. The quantitative estimate of drug-likeness (QED) is 0.597. The van der Waals surface area contributed by atoms with Crippen LogP contribution in [0.4, 0.5) is 5.69 Å². The fourth-order valence-electron chi connectivity index (χ4n) is 4.11. The molecule has 1 N–H and O–H groups in total. The van der Waals surface area contributed by atoms with E-state index in [9.17, 15) is 0 Å². The Bertz CT molecular complexity index is 950. The number of H-pyrrole nitrogens is 1. The van der Waals surface area contributed by atoms with Crippen molar-refractivity contribution in [2.24, 2.45) is 0 Å². The molecule has 0 atom stereocenters. The highest BCUT2D eigenvalue weighted by atomic mass is 15.2. The van der Waals surface area contributed by atoms with E-state index in [1.807, 2.05) is 0 Å². The number of nitrogens with zero attached hydrogens (tertiary/aromatic N) is 2. The van der Waals surface area contributed by atoms with Crippen LogP contribution in [-0.4, -0.2) is 23.1 Å². The number of allylic oxidation sites excluding steroid dienone is 1. The van der Waals surface area contributed by atoms with Crippen molar-refractivity contribution in [1.82, 2.24) is 9.97 Å². The Balaban J connectivity index is 1.60. The maximum atomic E-state index is 4.88. The molecule has 0 bridgehead atoms. The zero-order chi connectivity index (χ0) is 18.9. The average molecular weight is 360 g/mol. The molecule has 0 radical (unpaired) electrons. The second-order valence-corrected chi connectivity index (χ2v) is 8.20. The van der Waals surface area contributed by atoms with Gasteiger partial charge in [0, 0.05) is 30.6 Å². The molecule has 0 saturated heterocycles. The summed E-state index contributed by atoms with van der Waals surface area (Å²) in [5.74, 6) is 1.08. The van der Waals surface area contributed by atoms with Crippen LogP contribution in [0.5, 0.6) is 0 Å². The van der Waals surface area contributed by atoms with Crippen LogP contribution >= 0.6 is 0 Å². The Morgan fingerprint density at radius 2 is 1.93 bits per heavy atom. The minimum absolute atomic E-state index is 0.166. The minimum Gasteiger partial charge on any atom is -0.367 e. The number of imidazole rings is 1. The van der Waals surface area contributed by atoms with Crippen molar-refractivity contribution in [2.75, 3.05) is 18.0 Å². The molecule has 1 aliphatic rings. The summed E-state index contributed by atoms with van der Waals surface area (Å²) >= 11 is 0. The number of hydrogen-bond acceptors (Lipinski definition) is 2. The van der Waals surface area contributed by atoms with Crippen molar-refractivity contribution in [3.8, 4) is 0 Å². The van der Waals surface area contributed by atoms with Crippen LogP contribution in [-0.2, 0) is 18.3 Å². The average Bonchev–Trinajstić information content (AvgIpc) is 3.17. The first kappa shape index (κ1) is 17.8. The number of nitrogens with one attached hydrogen (secondary N) is 1. The van der Waals surface area contributed by atoms with Gasteiger partial charge in [0.2, 0.25) is 0 Å². The molecule has 3 aromatic rings. The lowest BCUT2D eigenvalue weighted by atomic mass is 9.87. The summed E-state index contributed by atoms with van der Waals surface area (Å²) in [5, 5.41) is 0. The van der Waals surface area contributed by atoms with Gasteiger partial charge in [0.1, 0.15) is 5.82 Å². The van der Waals surface area contributed by atoms with Gasteiger partial charge in [-0.2, -0.15) is 0 Å². The Morgan fingerprint density at radius 1 is 1.11 bits per heavy atom. The van der Waals surface area contributed by atoms with Crippen molar-refractivity contribution in [1.29, 1.82) is 0 Å². The molecule has 4 rings (SSSR count). The molecule has 0 spiro atoms. The van der Waals surface area contributed by atoms with Crippen LogP contribution in [0, 0.1) is 0 Å². The molecular weight excluding hydrogens is 330 g/mol. The van der Waals surface area contributed by atoms with Gasteiger partial charge >= 0.3 is 0 Å². The summed E-state index contributed by atoms with van der Waals surface area (Å²) in [5.41, 5.74) is 6.54. The van der Waals surface area contributed by atoms with E-state index in [2.05, 4.69) is 85.3 Å².